The van der Waals surface area contributed by atoms with Crippen LogP contribution >= 0.6 is 15.9 Å². The molecule has 0 fully saturated rings. The molecule has 4 N–H and O–H groups in total. The number of ether oxygens (including phenoxy) is 1. The normalized spacial score (nSPS) is 11.7. The van der Waals surface area contributed by atoms with Gasteiger partial charge in [-0.2, -0.15) is 0 Å². The zero-order valence-electron chi connectivity index (χ0n) is 9.64. The topological polar surface area (TPSA) is 102 Å². The van der Waals surface area contributed by atoms with Gasteiger partial charge in [0.2, 0.25) is 5.91 Å². The molecule has 18 heavy (non-hydrogen) atoms. The number of primary amides is 1. The van der Waals surface area contributed by atoms with E-state index in [0.29, 0.717) is 15.8 Å². The fourth-order valence-electron chi connectivity index (χ4n) is 1.19. The Bertz CT molecular complexity index is 464. The van der Waals surface area contributed by atoms with E-state index in [2.05, 4.69) is 21.2 Å². The monoisotopic (exact) mass is 316 g/mol. The zero-order chi connectivity index (χ0) is 13.7. The van der Waals surface area contributed by atoms with Crippen molar-refractivity contribution < 1.29 is 19.4 Å². The lowest BCUT2D eigenvalue weighted by atomic mass is 10.2. The molecular formula is C11H13BrN2O4. The first-order valence-electron chi connectivity index (χ1n) is 5.04. The van der Waals surface area contributed by atoms with E-state index in [1.807, 2.05) is 0 Å². The highest BCUT2D eigenvalue weighted by Gasteiger charge is 2.15. The van der Waals surface area contributed by atoms with Crippen LogP contribution in [0.3, 0.4) is 0 Å². The summed E-state index contributed by atoms with van der Waals surface area (Å²) in [7, 11) is 1.49. The van der Waals surface area contributed by atoms with E-state index >= 15 is 0 Å². The number of hydrogen-bond donors (Lipinski definition) is 3. The number of hydrogen-bond acceptors (Lipinski definition) is 4. The number of carbonyl (C=O) groups excluding carboxylic acids is 2. The van der Waals surface area contributed by atoms with Crippen molar-refractivity contribution in [1.29, 1.82) is 0 Å². The van der Waals surface area contributed by atoms with Crippen molar-refractivity contribution in [2.75, 3.05) is 13.7 Å². The number of methoxy groups -OCH3 is 1. The lowest BCUT2D eigenvalue weighted by Crippen LogP contribution is -2.40. The third-order valence-corrected chi connectivity index (χ3v) is 2.89. The molecule has 6 nitrogen and oxygen atoms in total. The zero-order valence-corrected chi connectivity index (χ0v) is 11.2. The molecule has 0 saturated carbocycles. The smallest absolute Gasteiger partial charge is 0.252 e. The maximum atomic E-state index is 11.8. The molecule has 7 heteroatoms. The van der Waals surface area contributed by atoms with E-state index in [-0.39, 0.29) is 6.54 Å². The van der Waals surface area contributed by atoms with Crippen LogP contribution in [0.15, 0.2) is 22.7 Å². The SMILES string of the molecule is COc1ccc(Br)c(C(=O)NCC(O)C(N)=O)c1. The van der Waals surface area contributed by atoms with Gasteiger partial charge in [-0.15, -0.1) is 0 Å². The van der Waals surface area contributed by atoms with Gasteiger partial charge in [0.15, 0.2) is 0 Å². The molecule has 0 aliphatic rings. The van der Waals surface area contributed by atoms with Crippen LogP contribution in [-0.4, -0.2) is 36.7 Å². The first-order valence-corrected chi connectivity index (χ1v) is 5.84. The summed E-state index contributed by atoms with van der Waals surface area (Å²) >= 11 is 3.23. The van der Waals surface area contributed by atoms with E-state index in [4.69, 9.17) is 15.6 Å². The Balaban J connectivity index is 2.75. The number of carbonyl (C=O) groups is 2. The molecule has 0 aliphatic carbocycles. The summed E-state index contributed by atoms with van der Waals surface area (Å²) in [6.45, 7) is -0.238. The van der Waals surface area contributed by atoms with Crippen LogP contribution < -0.4 is 15.8 Å². The van der Waals surface area contributed by atoms with Crippen LogP contribution in [0.25, 0.3) is 0 Å². The van der Waals surface area contributed by atoms with Gasteiger partial charge >= 0.3 is 0 Å². The molecular weight excluding hydrogens is 304 g/mol. The van der Waals surface area contributed by atoms with E-state index in [1.165, 1.54) is 13.2 Å². The number of benzene rings is 1. The Morgan fingerprint density at radius 1 is 1.56 bits per heavy atom. The minimum absolute atomic E-state index is 0.238. The molecule has 0 radical (unpaired) electrons. The predicted octanol–water partition coefficient (Wildman–Crippen LogP) is 0.0337. The van der Waals surface area contributed by atoms with Crippen molar-refractivity contribution in [3.8, 4) is 5.75 Å². The summed E-state index contributed by atoms with van der Waals surface area (Å²) in [5.74, 6) is -0.806. The number of aliphatic hydroxyl groups excluding tert-OH is 1. The maximum Gasteiger partial charge on any atom is 0.252 e. The molecule has 1 unspecified atom stereocenters. The first kappa shape index (κ1) is 14.5. The van der Waals surface area contributed by atoms with Gasteiger partial charge in [-0.1, -0.05) is 0 Å². The van der Waals surface area contributed by atoms with Gasteiger partial charge in [-0.3, -0.25) is 9.59 Å². The Morgan fingerprint density at radius 2 is 2.22 bits per heavy atom. The third kappa shape index (κ3) is 3.71. The minimum Gasteiger partial charge on any atom is -0.497 e. The standard InChI is InChI=1S/C11H13BrN2O4/c1-18-6-2-3-8(12)7(4-6)11(17)14-5-9(15)10(13)16/h2-4,9,15H,5H2,1H3,(H2,13,16)(H,14,17). The lowest BCUT2D eigenvalue weighted by molar-refractivity contribution is -0.125. The molecule has 1 atom stereocenters. The first-order chi connectivity index (χ1) is 8.45. The summed E-state index contributed by atoms with van der Waals surface area (Å²) < 4.78 is 5.58. The number of nitrogens with two attached hydrogens (primary N) is 1. The van der Waals surface area contributed by atoms with E-state index < -0.39 is 17.9 Å². The highest BCUT2D eigenvalue weighted by Crippen LogP contribution is 2.22. The number of aliphatic hydroxyl groups is 1. The molecule has 0 heterocycles. The Morgan fingerprint density at radius 3 is 2.78 bits per heavy atom. The van der Waals surface area contributed by atoms with Gasteiger partial charge in [0.1, 0.15) is 11.9 Å². The number of amides is 2. The second kappa shape index (κ2) is 6.36. The largest absolute Gasteiger partial charge is 0.497 e. The summed E-state index contributed by atoms with van der Waals surface area (Å²) in [6.07, 6.45) is -1.40. The molecule has 1 aromatic carbocycles. The molecule has 0 bridgehead atoms. The van der Waals surface area contributed by atoms with E-state index in [1.54, 1.807) is 12.1 Å². The fourth-order valence-corrected chi connectivity index (χ4v) is 1.62. The average molecular weight is 317 g/mol. The van der Waals surface area contributed by atoms with Crippen LogP contribution in [0.1, 0.15) is 10.4 Å². The summed E-state index contributed by atoms with van der Waals surface area (Å²) in [6, 6.07) is 4.90. The molecule has 1 aromatic rings. The Kier molecular flexibility index (Phi) is 5.11. The van der Waals surface area contributed by atoms with E-state index in [0.717, 1.165) is 0 Å². The van der Waals surface area contributed by atoms with Gasteiger partial charge in [0.05, 0.1) is 19.2 Å². The van der Waals surface area contributed by atoms with Gasteiger partial charge in [-0.05, 0) is 34.1 Å². The molecule has 0 aliphatic heterocycles. The fraction of sp³-hybridized carbons (Fsp3) is 0.273. The Labute approximate surface area is 112 Å². The van der Waals surface area contributed by atoms with E-state index in [9.17, 15) is 9.59 Å². The van der Waals surface area contributed by atoms with Gasteiger partial charge in [0, 0.05) is 4.47 Å². The van der Waals surface area contributed by atoms with Gasteiger partial charge in [0.25, 0.3) is 5.91 Å². The highest BCUT2D eigenvalue weighted by molar-refractivity contribution is 9.10. The van der Waals surface area contributed by atoms with Crippen molar-refractivity contribution >= 4 is 27.7 Å². The summed E-state index contributed by atoms with van der Waals surface area (Å²) in [4.78, 5) is 22.4. The molecule has 1 rings (SSSR count). The minimum atomic E-state index is -1.40. The maximum absolute atomic E-state index is 11.8. The highest BCUT2D eigenvalue weighted by atomic mass is 79.9. The van der Waals surface area contributed by atoms with Crippen molar-refractivity contribution in [2.24, 2.45) is 5.73 Å². The predicted molar refractivity (Wildman–Crippen MR) is 68.2 cm³/mol. The molecule has 0 aromatic heterocycles. The number of halogens is 1. The van der Waals surface area contributed by atoms with Crippen LogP contribution in [0, 0.1) is 0 Å². The third-order valence-electron chi connectivity index (χ3n) is 2.20. The second-order valence-corrected chi connectivity index (χ2v) is 4.33. The van der Waals surface area contributed by atoms with Crippen LogP contribution in [0.4, 0.5) is 0 Å². The number of nitrogens with one attached hydrogen (secondary N) is 1. The average Bonchev–Trinajstić information content (AvgIpc) is 2.35. The van der Waals surface area contributed by atoms with Crippen LogP contribution in [0.5, 0.6) is 5.75 Å². The molecule has 2 amide bonds. The molecule has 98 valence electrons. The van der Waals surface area contributed by atoms with Crippen molar-refractivity contribution in [3.05, 3.63) is 28.2 Å². The van der Waals surface area contributed by atoms with Gasteiger partial charge in [-0.25, -0.2) is 0 Å². The summed E-state index contributed by atoms with van der Waals surface area (Å²) in [5, 5.41) is 11.6. The Hall–Kier alpha value is -1.60. The quantitative estimate of drug-likeness (QED) is 0.713. The number of rotatable bonds is 5. The summed E-state index contributed by atoms with van der Waals surface area (Å²) in [5.41, 5.74) is 5.21. The van der Waals surface area contributed by atoms with Crippen molar-refractivity contribution in [1.82, 2.24) is 5.32 Å². The van der Waals surface area contributed by atoms with Gasteiger partial charge < -0.3 is 20.9 Å². The molecule has 0 saturated heterocycles. The van der Waals surface area contributed by atoms with Crippen LogP contribution in [0.2, 0.25) is 0 Å². The molecule has 0 spiro atoms. The second-order valence-electron chi connectivity index (χ2n) is 3.47. The lowest BCUT2D eigenvalue weighted by Gasteiger charge is -2.10. The van der Waals surface area contributed by atoms with Crippen molar-refractivity contribution in [3.63, 3.8) is 0 Å². The van der Waals surface area contributed by atoms with Crippen LogP contribution in [-0.2, 0) is 4.79 Å². The van der Waals surface area contributed by atoms with Crippen molar-refractivity contribution in [2.45, 2.75) is 6.10 Å².